The summed E-state index contributed by atoms with van der Waals surface area (Å²) in [6, 6.07) is 23.8. The van der Waals surface area contributed by atoms with Crippen molar-refractivity contribution in [1.29, 1.82) is 0 Å². The van der Waals surface area contributed by atoms with Gasteiger partial charge in [-0.05, 0) is 65.1 Å². The lowest BCUT2D eigenvalue weighted by molar-refractivity contribution is 0.0998. The fourth-order valence-corrected chi connectivity index (χ4v) is 4.28. The zero-order valence-corrected chi connectivity index (χ0v) is 15.0. The van der Waals surface area contributed by atoms with E-state index in [9.17, 15) is 4.79 Å². The van der Waals surface area contributed by atoms with Gasteiger partial charge in [0.15, 0.2) is 0 Å². The monoisotopic (exact) mass is 429 g/mol. The third-order valence-electron chi connectivity index (χ3n) is 3.71. The van der Waals surface area contributed by atoms with E-state index in [2.05, 4.69) is 34.7 Å². The maximum Gasteiger partial charge on any atom is 0.262 e. The summed E-state index contributed by atoms with van der Waals surface area (Å²) >= 11 is 3.94. The molecule has 0 saturated carbocycles. The van der Waals surface area contributed by atoms with Gasteiger partial charge in [-0.15, -0.1) is 0 Å². The molecule has 1 aliphatic heterocycles. The first-order chi connectivity index (χ1) is 11.2. The molecule has 0 spiro atoms. The molecule has 3 aromatic rings. The number of anilines is 2. The molecule has 3 aromatic carbocycles. The van der Waals surface area contributed by atoms with Crippen LogP contribution >= 0.6 is 34.4 Å². The number of halogens is 1. The normalized spacial score (nSPS) is 12.5. The van der Waals surface area contributed by atoms with E-state index in [-0.39, 0.29) is 5.91 Å². The summed E-state index contributed by atoms with van der Waals surface area (Å²) in [7, 11) is 0. The van der Waals surface area contributed by atoms with Gasteiger partial charge in [0.2, 0.25) is 0 Å². The molecule has 0 N–H and O–H groups in total. The highest BCUT2D eigenvalue weighted by molar-refractivity contribution is 14.1. The lowest BCUT2D eigenvalue weighted by Crippen LogP contribution is -2.28. The SMILES string of the molecule is O=C(c1cccc(I)c1)N1c2ccccc2Sc2ccccc21. The third-order valence-corrected chi connectivity index (χ3v) is 5.51. The smallest absolute Gasteiger partial charge is 0.262 e. The Balaban J connectivity index is 1.89. The van der Waals surface area contributed by atoms with Crippen LogP contribution in [0.3, 0.4) is 0 Å². The number of rotatable bonds is 1. The molecule has 0 fully saturated rings. The minimum Gasteiger partial charge on any atom is -0.275 e. The average molecular weight is 429 g/mol. The Morgan fingerprint density at radius 3 is 2.04 bits per heavy atom. The van der Waals surface area contributed by atoms with Gasteiger partial charge >= 0.3 is 0 Å². The van der Waals surface area contributed by atoms with Crippen molar-refractivity contribution in [3.05, 3.63) is 81.9 Å². The molecule has 0 radical (unpaired) electrons. The predicted molar refractivity (Wildman–Crippen MR) is 103 cm³/mol. The molecule has 4 heteroatoms. The molecule has 4 rings (SSSR count). The molecule has 0 unspecified atom stereocenters. The van der Waals surface area contributed by atoms with Crippen LogP contribution in [0.4, 0.5) is 11.4 Å². The van der Waals surface area contributed by atoms with Crippen molar-refractivity contribution in [3.8, 4) is 0 Å². The molecule has 23 heavy (non-hydrogen) atoms. The maximum absolute atomic E-state index is 13.2. The van der Waals surface area contributed by atoms with Crippen molar-refractivity contribution >= 4 is 51.6 Å². The summed E-state index contributed by atoms with van der Waals surface area (Å²) in [5.41, 5.74) is 2.59. The van der Waals surface area contributed by atoms with E-state index in [1.807, 2.05) is 65.6 Å². The van der Waals surface area contributed by atoms with E-state index < -0.39 is 0 Å². The number of hydrogen-bond acceptors (Lipinski definition) is 2. The summed E-state index contributed by atoms with van der Waals surface area (Å²) in [4.78, 5) is 17.2. The third kappa shape index (κ3) is 2.66. The Morgan fingerprint density at radius 1 is 0.826 bits per heavy atom. The van der Waals surface area contributed by atoms with Gasteiger partial charge in [0.25, 0.3) is 5.91 Å². The molecule has 1 aliphatic rings. The zero-order valence-electron chi connectivity index (χ0n) is 12.1. The molecule has 1 amide bonds. The van der Waals surface area contributed by atoms with Gasteiger partial charge in [0.05, 0.1) is 11.4 Å². The number of nitrogens with zero attached hydrogens (tertiary/aromatic N) is 1. The second-order valence-electron chi connectivity index (χ2n) is 5.19. The molecular formula is C19H12INOS. The molecule has 0 saturated heterocycles. The summed E-state index contributed by atoms with van der Waals surface area (Å²) in [5, 5.41) is 0. The van der Waals surface area contributed by atoms with Crippen LogP contribution in [0, 0.1) is 3.57 Å². The van der Waals surface area contributed by atoms with Gasteiger partial charge in [0, 0.05) is 18.9 Å². The van der Waals surface area contributed by atoms with Crippen LogP contribution in [0.25, 0.3) is 0 Å². The van der Waals surface area contributed by atoms with Gasteiger partial charge in [-0.25, -0.2) is 0 Å². The van der Waals surface area contributed by atoms with E-state index in [4.69, 9.17) is 0 Å². The number of fused-ring (bicyclic) bond motifs is 2. The molecule has 1 heterocycles. The summed E-state index contributed by atoms with van der Waals surface area (Å²) in [5.74, 6) is 0.00344. The summed E-state index contributed by atoms with van der Waals surface area (Å²) < 4.78 is 1.06. The van der Waals surface area contributed by atoms with Crippen LogP contribution in [0.5, 0.6) is 0 Å². The first-order valence-corrected chi connectivity index (χ1v) is 9.09. The number of benzene rings is 3. The molecular weight excluding hydrogens is 417 g/mol. The van der Waals surface area contributed by atoms with Crippen molar-refractivity contribution in [2.75, 3.05) is 4.90 Å². The molecule has 2 nitrogen and oxygen atoms in total. The quantitative estimate of drug-likeness (QED) is 0.461. The molecule has 0 atom stereocenters. The van der Waals surface area contributed by atoms with Crippen LogP contribution in [0.15, 0.2) is 82.6 Å². The van der Waals surface area contributed by atoms with Crippen LogP contribution < -0.4 is 4.90 Å². The van der Waals surface area contributed by atoms with E-state index in [1.54, 1.807) is 11.8 Å². The maximum atomic E-state index is 13.2. The second-order valence-corrected chi connectivity index (χ2v) is 7.52. The number of carbonyl (C=O) groups is 1. The summed E-state index contributed by atoms with van der Waals surface area (Å²) in [6.07, 6.45) is 0. The van der Waals surface area contributed by atoms with Gasteiger partial charge in [-0.3, -0.25) is 9.69 Å². The van der Waals surface area contributed by atoms with E-state index >= 15 is 0 Å². The van der Waals surface area contributed by atoms with Gasteiger partial charge in [-0.1, -0.05) is 42.1 Å². The highest BCUT2D eigenvalue weighted by Crippen LogP contribution is 2.48. The number of para-hydroxylation sites is 2. The lowest BCUT2D eigenvalue weighted by atomic mass is 10.1. The van der Waals surface area contributed by atoms with Crippen LogP contribution in [0.1, 0.15) is 10.4 Å². The Hall–Kier alpha value is -1.79. The molecule has 0 aliphatic carbocycles. The van der Waals surface area contributed by atoms with Crippen molar-refractivity contribution in [3.63, 3.8) is 0 Å². The van der Waals surface area contributed by atoms with Crippen LogP contribution in [-0.2, 0) is 0 Å². The molecule has 112 valence electrons. The van der Waals surface area contributed by atoms with E-state index in [0.29, 0.717) is 5.56 Å². The van der Waals surface area contributed by atoms with Crippen LogP contribution in [0.2, 0.25) is 0 Å². The topological polar surface area (TPSA) is 20.3 Å². The first-order valence-electron chi connectivity index (χ1n) is 7.20. The number of carbonyl (C=O) groups excluding carboxylic acids is 1. The van der Waals surface area contributed by atoms with Gasteiger partial charge in [0.1, 0.15) is 0 Å². The molecule has 0 bridgehead atoms. The van der Waals surface area contributed by atoms with Gasteiger partial charge < -0.3 is 0 Å². The average Bonchev–Trinajstić information content (AvgIpc) is 2.59. The second kappa shape index (κ2) is 6.02. The van der Waals surface area contributed by atoms with E-state index in [0.717, 1.165) is 24.7 Å². The van der Waals surface area contributed by atoms with Gasteiger partial charge in [-0.2, -0.15) is 0 Å². The van der Waals surface area contributed by atoms with Crippen molar-refractivity contribution in [1.82, 2.24) is 0 Å². The Labute approximate surface area is 152 Å². The standard InChI is InChI=1S/C19H12INOS/c20-14-7-5-6-13(12-14)19(22)21-15-8-1-3-10-17(15)23-18-11-4-2-9-16(18)21/h1-12H. The minimum atomic E-state index is 0.00344. The lowest BCUT2D eigenvalue weighted by Gasteiger charge is -2.31. The van der Waals surface area contributed by atoms with Crippen molar-refractivity contribution < 1.29 is 4.79 Å². The van der Waals surface area contributed by atoms with Crippen LogP contribution in [-0.4, -0.2) is 5.91 Å². The fourth-order valence-electron chi connectivity index (χ4n) is 2.67. The Morgan fingerprint density at radius 2 is 1.43 bits per heavy atom. The van der Waals surface area contributed by atoms with Crippen molar-refractivity contribution in [2.24, 2.45) is 0 Å². The Kier molecular flexibility index (Phi) is 3.87. The highest BCUT2D eigenvalue weighted by atomic mass is 127. The van der Waals surface area contributed by atoms with Crippen molar-refractivity contribution in [2.45, 2.75) is 9.79 Å². The molecule has 0 aromatic heterocycles. The first kappa shape index (κ1) is 14.8. The number of hydrogen-bond donors (Lipinski definition) is 0. The largest absolute Gasteiger partial charge is 0.275 e. The minimum absolute atomic E-state index is 0.00344. The zero-order chi connectivity index (χ0) is 15.8. The fraction of sp³-hybridized carbons (Fsp3) is 0. The number of amides is 1. The Bertz CT molecular complexity index is 864. The summed E-state index contributed by atoms with van der Waals surface area (Å²) in [6.45, 7) is 0. The predicted octanol–water partition coefficient (Wildman–Crippen LogP) is 5.73. The highest BCUT2D eigenvalue weighted by Gasteiger charge is 2.28. The van der Waals surface area contributed by atoms with E-state index in [1.165, 1.54) is 0 Å².